The van der Waals surface area contributed by atoms with Crippen molar-refractivity contribution < 1.29 is 9.47 Å². The summed E-state index contributed by atoms with van der Waals surface area (Å²) in [5.74, 6) is 2.87. The number of nitrogens with zero attached hydrogens (tertiary/aromatic N) is 1. The van der Waals surface area contributed by atoms with Crippen LogP contribution in [0.4, 0.5) is 17.1 Å². The van der Waals surface area contributed by atoms with Crippen LogP contribution in [-0.4, -0.2) is 0 Å². The molecule has 64 heavy (non-hydrogen) atoms. The molecule has 1 heterocycles. The number of benzene rings is 9. The normalized spacial score (nSPS) is 15.9. The molecule has 13 rings (SSSR count). The van der Waals surface area contributed by atoms with Crippen molar-refractivity contribution in [3.05, 3.63) is 252 Å². The zero-order valence-corrected chi connectivity index (χ0v) is 35.0. The number of fused-ring (bicyclic) bond motifs is 13. The smallest absolute Gasteiger partial charge is 0.175 e. The summed E-state index contributed by atoms with van der Waals surface area (Å²) in [5.41, 5.74) is 19.6. The Bertz CT molecular complexity index is 3390. The van der Waals surface area contributed by atoms with Gasteiger partial charge in [0.15, 0.2) is 23.0 Å². The van der Waals surface area contributed by atoms with Crippen LogP contribution in [0.2, 0.25) is 0 Å². The van der Waals surface area contributed by atoms with Crippen LogP contribution in [-0.2, 0) is 5.41 Å². The summed E-state index contributed by atoms with van der Waals surface area (Å²) in [5, 5.41) is 0. The zero-order valence-electron chi connectivity index (χ0n) is 35.0. The maximum absolute atomic E-state index is 7.36. The second kappa shape index (κ2) is 14.5. The fourth-order valence-electron chi connectivity index (χ4n) is 10.9. The number of hydrogen-bond donors (Lipinski definition) is 0. The topological polar surface area (TPSA) is 21.7 Å². The summed E-state index contributed by atoms with van der Waals surface area (Å²) in [4.78, 5) is 2.34. The highest BCUT2D eigenvalue weighted by Gasteiger charge is 2.56. The van der Waals surface area contributed by atoms with Crippen LogP contribution in [0.15, 0.2) is 230 Å². The lowest BCUT2D eigenvalue weighted by Crippen LogP contribution is -2.27. The minimum Gasteiger partial charge on any atom is -0.449 e. The summed E-state index contributed by atoms with van der Waals surface area (Å²) in [6.07, 6.45) is 6.95. The molecule has 0 bridgehead atoms. The van der Waals surface area contributed by atoms with Crippen LogP contribution in [0, 0.1) is 0 Å². The van der Waals surface area contributed by atoms with Crippen LogP contribution in [0.1, 0.15) is 35.1 Å². The summed E-state index contributed by atoms with van der Waals surface area (Å²) in [6.45, 7) is 0. The maximum atomic E-state index is 7.36. The van der Waals surface area contributed by atoms with Crippen molar-refractivity contribution in [1.29, 1.82) is 0 Å². The number of ether oxygens (including phenoxy) is 2. The molecule has 1 spiro atoms. The van der Waals surface area contributed by atoms with Crippen LogP contribution < -0.4 is 14.4 Å². The quantitative estimate of drug-likeness (QED) is 0.167. The molecule has 0 saturated carbocycles. The van der Waals surface area contributed by atoms with E-state index in [0.29, 0.717) is 11.5 Å². The molecule has 3 nitrogen and oxygen atoms in total. The van der Waals surface area contributed by atoms with E-state index in [1.165, 1.54) is 50.1 Å². The van der Waals surface area contributed by atoms with Gasteiger partial charge in [-0.15, -0.1) is 0 Å². The molecule has 9 aromatic rings. The van der Waals surface area contributed by atoms with Gasteiger partial charge in [0.25, 0.3) is 0 Å². The Balaban J connectivity index is 0.996. The van der Waals surface area contributed by atoms with Crippen molar-refractivity contribution >= 4 is 22.6 Å². The third-order valence-electron chi connectivity index (χ3n) is 13.6. The molecule has 3 aliphatic carbocycles. The molecule has 0 amide bonds. The molecule has 0 fully saturated rings. The van der Waals surface area contributed by atoms with Crippen molar-refractivity contribution in [3.8, 4) is 67.5 Å². The molecule has 302 valence electrons. The minimum atomic E-state index is -0.531. The Morgan fingerprint density at radius 2 is 0.938 bits per heavy atom. The Kier molecular flexibility index (Phi) is 8.26. The van der Waals surface area contributed by atoms with Crippen LogP contribution in [0.3, 0.4) is 0 Å². The lowest BCUT2D eigenvalue weighted by molar-refractivity contribution is 0.355. The molecular weight excluding hydrogens is 779 g/mol. The van der Waals surface area contributed by atoms with E-state index in [-0.39, 0.29) is 0 Å². The van der Waals surface area contributed by atoms with E-state index in [9.17, 15) is 0 Å². The van der Waals surface area contributed by atoms with E-state index < -0.39 is 5.41 Å². The van der Waals surface area contributed by atoms with Gasteiger partial charge in [0.1, 0.15) is 0 Å². The van der Waals surface area contributed by atoms with E-state index in [1.807, 2.05) is 0 Å². The van der Waals surface area contributed by atoms with E-state index in [4.69, 9.17) is 9.47 Å². The minimum absolute atomic E-state index is 0.531. The SMILES string of the molecule is C1=C2C(=CCC1)C1(c3ccccc32)c2ccccc2-c2ccc3c(c21)Oc1cc(N(c2cccc(-c4ccccc4)c2)c2ccc(-c4ccccc4)c(-c4ccccc4)c2)ccc1O3. The lowest BCUT2D eigenvalue weighted by atomic mass is 9.69. The molecule has 1 unspecified atom stereocenters. The van der Waals surface area contributed by atoms with Crippen molar-refractivity contribution in [2.45, 2.75) is 18.3 Å². The summed E-state index contributed by atoms with van der Waals surface area (Å²) >= 11 is 0. The molecule has 3 heteroatoms. The van der Waals surface area contributed by atoms with Crippen LogP contribution >= 0.6 is 0 Å². The van der Waals surface area contributed by atoms with Gasteiger partial charge in [0.05, 0.1) is 11.1 Å². The van der Waals surface area contributed by atoms with Gasteiger partial charge in [-0.05, 0) is 128 Å². The predicted molar refractivity (Wildman–Crippen MR) is 261 cm³/mol. The largest absolute Gasteiger partial charge is 0.449 e. The van der Waals surface area contributed by atoms with Crippen molar-refractivity contribution in [1.82, 2.24) is 0 Å². The average molecular weight is 820 g/mol. The summed E-state index contributed by atoms with van der Waals surface area (Å²) in [7, 11) is 0. The molecular formula is C61H41NO2. The molecule has 9 aromatic carbocycles. The number of allylic oxidation sites excluding steroid dienone is 4. The Hall–Kier alpha value is -8.14. The van der Waals surface area contributed by atoms with E-state index in [2.05, 4.69) is 229 Å². The highest BCUT2D eigenvalue weighted by molar-refractivity contribution is 6.02. The van der Waals surface area contributed by atoms with Gasteiger partial charge in [0, 0.05) is 23.0 Å². The highest BCUT2D eigenvalue weighted by Crippen LogP contribution is 2.68. The van der Waals surface area contributed by atoms with Crippen molar-refractivity contribution in [2.75, 3.05) is 4.90 Å². The van der Waals surface area contributed by atoms with Gasteiger partial charge in [0.2, 0.25) is 0 Å². The van der Waals surface area contributed by atoms with Crippen LogP contribution in [0.5, 0.6) is 23.0 Å². The molecule has 4 aliphatic rings. The second-order valence-electron chi connectivity index (χ2n) is 17.0. The molecule has 0 N–H and O–H groups in total. The Morgan fingerprint density at radius 3 is 1.72 bits per heavy atom. The van der Waals surface area contributed by atoms with E-state index in [1.54, 1.807) is 0 Å². The first-order chi connectivity index (χ1) is 31.7. The third kappa shape index (κ3) is 5.47. The monoisotopic (exact) mass is 819 g/mol. The van der Waals surface area contributed by atoms with Crippen molar-refractivity contribution in [3.63, 3.8) is 0 Å². The van der Waals surface area contributed by atoms with Gasteiger partial charge in [-0.25, -0.2) is 0 Å². The first-order valence-electron chi connectivity index (χ1n) is 22.2. The zero-order chi connectivity index (χ0) is 42.2. The van der Waals surface area contributed by atoms with Gasteiger partial charge in [-0.3, -0.25) is 0 Å². The van der Waals surface area contributed by atoms with E-state index in [0.717, 1.165) is 69.2 Å². The Labute approximate surface area is 373 Å². The first kappa shape index (κ1) is 36.5. The maximum Gasteiger partial charge on any atom is 0.175 e. The third-order valence-corrected chi connectivity index (χ3v) is 13.6. The number of rotatable bonds is 6. The van der Waals surface area contributed by atoms with Gasteiger partial charge < -0.3 is 14.4 Å². The number of hydrogen-bond acceptors (Lipinski definition) is 3. The second-order valence-corrected chi connectivity index (χ2v) is 17.0. The average Bonchev–Trinajstić information content (AvgIpc) is 3.84. The van der Waals surface area contributed by atoms with Crippen molar-refractivity contribution in [2.24, 2.45) is 0 Å². The van der Waals surface area contributed by atoms with Crippen LogP contribution in [0.25, 0.3) is 50.1 Å². The molecule has 1 atom stereocenters. The van der Waals surface area contributed by atoms with E-state index >= 15 is 0 Å². The summed E-state index contributed by atoms with van der Waals surface area (Å²) < 4.78 is 14.3. The standard InChI is InChI=1S/C61H41NO2/c1-4-17-40(18-5-1)43-23-16-24-44(37-43)62(45-31-33-47(41-19-6-2-7-20-41)52(38-45)42-21-8-3-9-22-42)46-32-35-56-58(39-46)64-60-57(63-56)36-34-51-50-27-12-15-30-55(50)61(59(51)60)53-28-13-10-25-48(53)49-26-11-14-29-54(49)61/h1-10,12-13,15-39H,11,14H2. The van der Waals surface area contributed by atoms with Gasteiger partial charge >= 0.3 is 0 Å². The van der Waals surface area contributed by atoms with Gasteiger partial charge in [-0.1, -0.05) is 176 Å². The predicted octanol–water partition coefficient (Wildman–Crippen LogP) is 16.5. The molecule has 1 aliphatic heterocycles. The molecule has 0 saturated heterocycles. The fourth-order valence-corrected chi connectivity index (χ4v) is 10.9. The fraction of sp³-hybridized carbons (Fsp3) is 0.0492. The Morgan fingerprint density at radius 1 is 0.359 bits per heavy atom. The lowest BCUT2D eigenvalue weighted by Gasteiger charge is -2.34. The van der Waals surface area contributed by atoms with Gasteiger partial charge in [-0.2, -0.15) is 0 Å². The first-order valence-corrected chi connectivity index (χ1v) is 22.2. The molecule has 0 aromatic heterocycles. The molecule has 0 radical (unpaired) electrons. The number of anilines is 3. The highest BCUT2D eigenvalue weighted by atomic mass is 16.6. The summed E-state index contributed by atoms with van der Waals surface area (Å²) in [6, 6.07) is 76.2.